The summed E-state index contributed by atoms with van der Waals surface area (Å²) in [4.78, 5) is 33.8. The molecule has 0 aliphatic carbocycles. The molecule has 5 N–H and O–H groups in total. The second-order valence-electron chi connectivity index (χ2n) is 3.16. The van der Waals surface area contributed by atoms with E-state index in [-0.39, 0.29) is 26.3 Å². The quantitative estimate of drug-likeness (QED) is 0.301. The van der Waals surface area contributed by atoms with Crippen LogP contribution in [0.5, 0.6) is 0 Å². The third-order valence-electron chi connectivity index (χ3n) is 1.69. The van der Waals surface area contributed by atoms with Crippen LogP contribution < -0.4 is 16.0 Å². The fourth-order valence-corrected chi connectivity index (χ4v) is 1.02. The summed E-state index contributed by atoms with van der Waals surface area (Å²) in [6, 6.07) is -1.37. The minimum absolute atomic E-state index is 0.0117. The topological polar surface area (TPSA) is 128 Å². The molecule has 0 aromatic carbocycles. The van der Waals surface area contributed by atoms with Gasteiger partial charge >= 0.3 is 0 Å². The number of hydrogen-bond donors (Lipinski definition) is 5. The molecule has 0 aliphatic heterocycles. The molecule has 8 heteroatoms. The van der Waals surface area contributed by atoms with E-state index in [1.807, 2.05) is 0 Å². The van der Waals surface area contributed by atoms with Crippen LogP contribution in [-0.4, -0.2) is 60.3 Å². The van der Waals surface area contributed by atoms with Crippen LogP contribution in [-0.2, 0) is 14.4 Å². The largest absolute Gasteiger partial charge is 0.395 e. The summed E-state index contributed by atoms with van der Waals surface area (Å²) in [5, 5.41) is 23.8. The molecule has 98 valence electrons. The lowest BCUT2D eigenvalue weighted by molar-refractivity contribution is -0.136. The van der Waals surface area contributed by atoms with Gasteiger partial charge in [-0.05, 0) is 0 Å². The van der Waals surface area contributed by atoms with E-state index in [1.165, 1.54) is 6.92 Å². The van der Waals surface area contributed by atoms with Crippen LogP contribution in [0.15, 0.2) is 0 Å². The van der Waals surface area contributed by atoms with Gasteiger partial charge in [0.05, 0.1) is 13.2 Å². The number of amides is 3. The maximum atomic E-state index is 11.5. The number of carbonyl (C=O) groups is 3. The smallest absolute Gasteiger partial charge is 0.252 e. The molecule has 17 heavy (non-hydrogen) atoms. The van der Waals surface area contributed by atoms with Gasteiger partial charge in [-0.15, -0.1) is 0 Å². The molecule has 0 aliphatic rings. The Morgan fingerprint density at radius 1 is 1.00 bits per heavy atom. The Bertz CT molecular complexity index is 262. The minimum Gasteiger partial charge on any atom is -0.395 e. The van der Waals surface area contributed by atoms with Gasteiger partial charge in [0.15, 0.2) is 6.04 Å². The zero-order valence-electron chi connectivity index (χ0n) is 9.52. The number of aliphatic hydroxyl groups excluding tert-OH is 2. The van der Waals surface area contributed by atoms with Crippen molar-refractivity contribution in [2.45, 2.75) is 13.0 Å². The Morgan fingerprint density at radius 2 is 1.41 bits per heavy atom. The second-order valence-corrected chi connectivity index (χ2v) is 3.16. The summed E-state index contributed by atoms with van der Waals surface area (Å²) in [7, 11) is 0. The fourth-order valence-electron chi connectivity index (χ4n) is 1.02. The zero-order valence-corrected chi connectivity index (χ0v) is 9.52. The van der Waals surface area contributed by atoms with Gasteiger partial charge in [-0.3, -0.25) is 14.4 Å². The first-order valence-electron chi connectivity index (χ1n) is 5.07. The molecule has 0 radical (unpaired) electrons. The minimum atomic E-state index is -1.37. The van der Waals surface area contributed by atoms with Gasteiger partial charge in [-0.2, -0.15) is 0 Å². The zero-order chi connectivity index (χ0) is 13.3. The lowest BCUT2D eigenvalue weighted by atomic mass is 10.2. The van der Waals surface area contributed by atoms with E-state index < -0.39 is 23.8 Å². The first-order chi connectivity index (χ1) is 8.02. The van der Waals surface area contributed by atoms with E-state index in [1.54, 1.807) is 0 Å². The molecular weight excluding hydrogens is 230 g/mol. The summed E-state index contributed by atoms with van der Waals surface area (Å²) in [5.41, 5.74) is 0. The molecule has 0 bridgehead atoms. The molecule has 0 atom stereocenters. The van der Waals surface area contributed by atoms with Crippen molar-refractivity contribution < 1.29 is 24.6 Å². The van der Waals surface area contributed by atoms with Crippen LogP contribution in [0.1, 0.15) is 6.92 Å². The van der Waals surface area contributed by atoms with Gasteiger partial charge in [0, 0.05) is 20.0 Å². The highest BCUT2D eigenvalue weighted by atomic mass is 16.3. The number of rotatable bonds is 7. The Hall–Kier alpha value is -1.67. The predicted octanol–water partition coefficient (Wildman–Crippen LogP) is -3.29. The molecule has 0 rings (SSSR count). The maximum Gasteiger partial charge on any atom is 0.252 e. The van der Waals surface area contributed by atoms with E-state index >= 15 is 0 Å². The fraction of sp³-hybridized carbons (Fsp3) is 0.667. The summed E-state index contributed by atoms with van der Waals surface area (Å²) in [5.74, 6) is -1.97. The molecule has 0 unspecified atom stereocenters. The molecular formula is C9H17N3O5. The van der Waals surface area contributed by atoms with Gasteiger partial charge in [0.2, 0.25) is 5.91 Å². The van der Waals surface area contributed by atoms with Crippen molar-refractivity contribution in [3.05, 3.63) is 0 Å². The Balaban J connectivity index is 4.45. The first-order valence-corrected chi connectivity index (χ1v) is 5.07. The highest BCUT2D eigenvalue weighted by Crippen LogP contribution is 1.86. The van der Waals surface area contributed by atoms with Crippen molar-refractivity contribution in [3.8, 4) is 0 Å². The Labute approximate surface area is 98.4 Å². The summed E-state index contributed by atoms with van der Waals surface area (Å²) in [6.07, 6.45) is 0. The summed E-state index contributed by atoms with van der Waals surface area (Å²) < 4.78 is 0. The normalized spacial score (nSPS) is 9.88. The average Bonchev–Trinajstić information content (AvgIpc) is 2.29. The van der Waals surface area contributed by atoms with Crippen LogP contribution >= 0.6 is 0 Å². The molecule has 0 heterocycles. The molecule has 3 amide bonds. The standard InChI is InChI=1S/C9H17N3O5/c1-6(15)12-7(8(16)10-2-4-13)9(17)11-3-5-14/h7,13-14H,2-5H2,1H3,(H,10,16)(H,11,17)(H,12,15). The van der Waals surface area contributed by atoms with Crippen LogP contribution in [0.4, 0.5) is 0 Å². The van der Waals surface area contributed by atoms with Crippen LogP contribution in [0.3, 0.4) is 0 Å². The van der Waals surface area contributed by atoms with Gasteiger partial charge < -0.3 is 26.2 Å². The SMILES string of the molecule is CC(=O)NC(C(=O)NCCO)C(=O)NCCO. The highest BCUT2D eigenvalue weighted by Gasteiger charge is 2.26. The van der Waals surface area contributed by atoms with E-state index in [2.05, 4.69) is 16.0 Å². The van der Waals surface area contributed by atoms with E-state index in [9.17, 15) is 14.4 Å². The maximum absolute atomic E-state index is 11.5. The lowest BCUT2D eigenvalue weighted by Crippen LogP contribution is -2.55. The van der Waals surface area contributed by atoms with Gasteiger partial charge in [-0.25, -0.2) is 0 Å². The van der Waals surface area contributed by atoms with Crippen LogP contribution in [0.2, 0.25) is 0 Å². The van der Waals surface area contributed by atoms with Crippen LogP contribution in [0, 0.1) is 0 Å². The molecule has 0 saturated carbocycles. The van der Waals surface area contributed by atoms with Crippen molar-refractivity contribution in [2.24, 2.45) is 0 Å². The lowest BCUT2D eigenvalue weighted by Gasteiger charge is -2.16. The summed E-state index contributed by atoms with van der Waals surface area (Å²) in [6.45, 7) is 0.615. The van der Waals surface area contributed by atoms with Crippen LogP contribution in [0.25, 0.3) is 0 Å². The number of hydrogen-bond acceptors (Lipinski definition) is 5. The van der Waals surface area contributed by atoms with Crippen molar-refractivity contribution in [1.29, 1.82) is 0 Å². The summed E-state index contributed by atoms with van der Waals surface area (Å²) >= 11 is 0. The number of aliphatic hydroxyl groups is 2. The van der Waals surface area contributed by atoms with E-state index in [4.69, 9.17) is 10.2 Å². The molecule has 0 aromatic rings. The third-order valence-corrected chi connectivity index (χ3v) is 1.69. The average molecular weight is 247 g/mol. The van der Waals surface area contributed by atoms with Gasteiger partial charge in [0.1, 0.15) is 0 Å². The number of carbonyl (C=O) groups excluding carboxylic acids is 3. The Morgan fingerprint density at radius 3 is 1.71 bits per heavy atom. The van der Waals surface area contributed by atoms with E-state index in [0.29, 0.717) is 0 Å². The third kappa shape index (κ3) is 6.48. The van der Waals surface area contributed by atoms with Gasteiger partial charge in [-0.1, -0.05) is 0 Å². The highest BCUT2D eigenvalue weighted by molar-refractivity contribution is 6.06. The van der Waals surface area contributed by atoms with Crippen molar-refractivity contribution in [2.75, 3.05) is 26.3 Å². The molecule has 0 saturated heterocycles. The number of nitrogens with one attached hydrogen (secondary N) is 3. The monoisotopic (exact) mass is 247 g/mol. The molecule has 0 spiro atoms. The van der Waals surface area contributed by atoms with Crippen molar-refractivity contribution >= 4 is 17.7 Å². The second kappa shape index (κ2) is 8.48. The predicted molar refractivity (Wildman–Crippen MR) is 57.8 cm³/mol. The van der Waals surface area contributed by atoms with Crippen molar-refractivity contribution in [3.63, 3.8) is 0 Å². The molecule has 8 nitrogen and oxygen atoms in total. The first kappa shape index (κ1) is 15.3. The van der Waals surface area contributed by atoms with Crippen molar-refractivity contribution in [1.82, 2.24) is 16.0 Å². The molecule has 0 fully saturated rings. The van der Waals surface area contributed by atoms with E-state index in [0.717, 1.165) is 0 Å². The Kier molecular flexibility index (Phi) is 7.65. The molecule has 0 aromatic heterocycles. The van der Waals surface area contributed by atoms with Gasteiger partial charge in [0.25, 0.3) is 11.8 Å².